The minimum atomic E-state index is -0.544. The molecule has 23 heavy (non-hydrogen) atoms. The molecule has 1 aliphatic rings. The summed E-state index contributed by atoms with van der Waals surface area (Å²) in [4.78, 5) is 26.7. The van der Waals surface area contributed by atoms with Crippen LogP contribution in [0.15, 0.2) is 24.3 Å². The number of amides is 2. The van der Waals surface area contributed by atoms with Crippen molar-refractivity contribution in [1.82, 2.24) is 10.2 Å². The lowest BCUT2D eigenvalue weighted by Crippen LogP contribution is -2.49. The molecule has 1 aromatic rings. The van der Waals surface area contributed by atoms with E-state index in [9.17, 15) is 9.59 Å². The van der Waals surface area contributed by atoms with Gasteiger partial charge in [-0.05, 0) is 32.9 Å². The van der Waals surface area contributed by atoms with E-state index in [0.29, 0.717) is 11.3 Å². The first kappa shape index (κ1) is 17.7. The van der Waals surface area contributed by atoms with Crippen LogP contribution >= 0.6 is 11.8 Å². The van der Waals surface area contributed by atoms with Crippen LogP contribution in [0.4, 0.5) is 0 Å². The van der Waals surface area contributed by atoms with Gasteiger partial charge >= 0.3 is 0 Å². The Morgan fingerprint density at radius 3 is 2.48 bits per heavy atom. The highest BCUT2D eigenvalue weighted by molar-refractivity contribution is 7.99. The van der Waals surface area contributed by atoms with Crippen molar-refractivity contribution < 1.29 is 14.3 Å². The number of ether oxygens (including phenoxy) is 1. The zero-order valence-electron chi connectivity index (χ0n) is 13.9. The van der Waals surface area contributed by atoms with E-state index in [2.05, 4.69) is 5.32 Å². The third kappa shape index (κ3) is 4.89. The van der Waals surface area contributed by atoms with Gasteiger partial charge in [0.15, 0.2) is 0 Å². The average Bonchev–Trinajstić information content (AvgIpc) is 2.54. The third-order valence-electron chi connectivity index (χ3n) is 3.54. The molecule has 1 aromatic carbocycles. The molecule has 2 amide bonds. The molecule has 0 aromatic heterocycles. The number of benzene rings is 1. The molecule has 0 bridgehead atoms. The third-order valence-corrected chi connectivity index (χ3v) is 4.48. The lowest BCUT2D eigenvalue weighted by Gasteiger charge is -2.29. The molecular formula is C17H24N2O3S. The normalized spacial score (nSPS) is 16.1. The van der Waals surface area contributed by atoms with E-state index in [4.69, 9.17) is 4.74 Å². The molecule has 6 heteroatoms. The summed E-state index contributed by atoms with van der Waals surface area (Å²) in [5, 5.41) is 2.79. The molecule has 1 atom stereocenters. The van der Waals surface area contributed by atoms with Crippen LogP contribution in [0.5, 0.6) is 5.75 Å². The second-order valence-corrected chi connectivity index (χ2v) is 7.02. The van der Waals surface area contributed by atoms with Gasteiger partial charge in [0.1, 0.15) is 11.8 Å². The zero-order valence-corrected chi connectivity index (χ0v) is 14.7. The molecule has 0 saturated carbocycles. The number of carbonyl (C=O) groups is 2. The summed E-state index contributed by atoms with van der Waals surface area (Å²) in [7, 11) is 0. The Hall–Kier alpha value is -1.69. The maximum absolute atomic E-state index is 12.5. The lowest BCUT2D eigenvalue weighted by molar-refractivity contribution is -0.132. The summed E-state index contributed by atoms with van der Waals surface area (Å²) in [5.41, 5.74) is 0.454. The fourth-order valence-electron chi connectivity index (χ4n) is 2.40. The predicted octanol–water partition coefficient (Wildman–Crippen LogP) is 2.17. The smallest absolute Gasteiger partial charge is 0.255 e. The topological polar surface area (TPSA) is 58.6 Å². The van der Waals surface area contributed by atoms with Gasteiger partial charge in [0.05, 0.1) is 11.7 Å². The number of carbonyl (C=O) groups excluding carboxylic acids is 2. The van der Waals surface area contributed by atoms with Gasteiger partial charge in [0, 0.05) is 24.6 Å². The van der Waals surface area contributed by atoms with Gasteiger partial charge in [-0.25, -0.2) is 0 Å². The van der Waals surface area contributed by atoms with Gasteiger partial charge in [-0.1, -0.05) is 12.1 Å². The summed E-state index contributed by atoms with van der Waals surface area (Å²) >= 11 is 1.85. The quantitative estimate of drug-likeness (QED) is 0.895. The minimum absolute atomic E-state index is 0.0196. The van der Waals surface area contributed by atoms with Crippen molar-refractivity contribution in [2.75, 3.05) is 24.6 Å². The lowest BCUT2D eigenvalue weighted by atomic mass is 10.1. The SMILES string of the molecule is CC(C)Oc1ccccc1C(=O)N[C@@H](C)C(=O)N1CCSCC1. The van der Waals surface area contributed by atoms with Crippen LogP contribution in [-0.2, 0) is 4.79 Å². The largest absolute Gasteiger partial charge is 0.490 e. The van der Waals surface area contributed by atoms with E-state index in [1.165, 1.54) is 0 Å². The molecule has 2 rings (SSSR count). The van der Waals surface area contributed by atoms with E-state index in [-0.39, 0.29) is 17.9 Å². The van der Waals surface area contributed by atoms with Crippen molar-refractivity contribution >= 4 is 23.6 Å². The predicted molar refractivity (Wildman–Crippen MR) is 93.0 cm³/mol. The van der Waals surface area contributed by atoms with Crippen molar-refractivity contribution in [3.8, 4) is 5.75 Å². The highest BCUT2D eigenvalue weighted by atomic mass is 32.2. The molecule has 126 valence electrons. The van der Waals surface area contributed by atoms with Crippen LogP contribution in [0.25, 0.3) is 0 Å². The molecule has 0 spiro atoms. The van der Waals surface area contributed by atoms with Crippen LogP contribution in [0, 0.1) is 0 Å². The standard InChI is InChI=1S/C17H24N2O3S/c1-12(2)22-15-7-5-4-6-14(15)16(20)18-13(3)17(21)19-8-10-23-11-9-19/h4-7,12-13H,8-11H2,1-3H3,(H,18,20)/t13-/m0/s1. The molecule has 1 fully saturated rings. The highest BCUT2D eigenvalue weighted by Gasteiger charge is 2.24. The maximum Gasteiger partial charge on any atom is 0.255 e. The fraction of sp³-hybridized carbons (Fsp3) is 0.529. The highest BCUT2D eigenvalue weighted by Crippen LogP contribution is 2.19. The average molecular weight is 336 g/mol. The van der Waals surface area contributed by atoms with Gasteiger partial charge in [0.2, 0.25) is 5.91 Å². The Morgan fingerprint density at radius 1 is 1.17 bits per heavy atom. The van der Waals surface area contributed by atoms with Crippen LogP contribution in [0.1, 0.15) is 31.1 Å². The summed E-state index contributed by atoms with van der Waals surface area (Å²) < 4.78 is 5.67. The van der Waals surface area contributed by atoms with E-state index in [0.717, 1.165) is 24.6 Å². The Labute approximate surface area is 141 Å². The molecule has 1 N–H and O–H groups in total. The first-order valence-corrected chi connectivity index (χ1v) is 9.07. The molecule has 0 unspecified atom stereocenters. The van der Waals surface area contributed by atoms with Crippen LogP contribution < -0.4 is 10.1 Å². The number of rotatable bonds is 5. The van der Waals surface area contributed by atoms with Gasteiger partial charge in [-0.3, -0.25) is 9.59 Å². The van der Waals surface area contributed by atoms with E-state index >= 15 is 0 Å². The van der Waals surface area contributed by atoms with Crippen molar-refractivity contribution in [3.63, 3.8) is 0 Å². The Morgan fingerprint density at radius 2 is 1.83 bits per heavy atom. The summed E-state index contributed by atoms with van der Waals surface area (Å²) in [6.45, 7) is 7.05. The van der Waals surface area contributed by atoms with Gasteiger partial charge < -0.3 is 15.0 Å². The number of nitrogens with zero attached hydrogens (tertiary/aromatic N) is 1. The Bertz CT molecular complexity index is 557. The van der Waals surface area contributed by atoms with Gasteiger partial charge in [-0.2, -0.15) is 11.8 Å². The number of thioether (sulfide) groups is 1. The first-order valence-electron chi connectivity index (χ1n) is 7.92. The monoisotopic (exact) mass is 336 g/mol. The molecule has 1 aliphatic heterocycles. The Kier molecular flexibility index (Phi) is 6.33. The van der Waals surface area contributed by atoms with Crippen LogP contribution in [0.3, 0.4) is 0 Å². The molecule has 5 nitrogen and oxygen atoms in total. The van der Waals surface area contributed by atoms with Crippen molar-refractivity contribution in [2.45, 2.75) is 32.9 Å². The second-order valence-electron chi connectivity index (χ2n) is 5.80. The minimum Gasteiger partial charge on any atom is -0.490 e. The number of hydrogen-bond acceptors (Lipinski definition) is 4. The van der Waals surface area contributed by atoms with Gasteiger partial charge in [0.25, 0.3) is 5.91 Å². The molecule has 1 saturated heterocycles. The van der Waals surface area contributed by atoms with Crippen molar-refractivity contribution in [1.29, 1.82) is 0 Å². The maximum atomic E-state index is 12.5. The summed E-state index contributed by atoms with van der Waals surface area (Å²) in [6, 6.07) is 6.55. The van der Waals surface area contributed by atoms with Crippen LogP contribution in [-0.4, -0.2) is 53.5 Å². The van der Waals surface area contributed by atoms with Crippen molar-refractivity contribution in [3.05, 3.63) is 29.8 Å². The van der Waals surface area contributed by atoms with E-state index in [1.54, 1.807) is 25.1 Å². The summed E-state index contributed by atoms with van der Waals surface area (Å²) in [6.07, 6.45) is -0.0196. The zero-order chi connectivity index (χ0) is 16.8. The molecule has 0 aliphatic carbocycles. The van der Waals surface area contributed by atoms with E-state index in [1.807, 2.05) is 36.6 Å². The molecular weight excluding hydrogens is 312 g/mol. The summed E-state index contributed by atoms with van der Waals surface area (Å²) in [5.74, 6) is 2.14. The number of nitrogens with one attached hydrogen (secondary N) is 1. The number of hydrogen-bond donors (Lipinski definition) is 1. The van der Waals surface area contributed by atoms with Crippen molar-refractivity contribution in [2.24, 2.45) is 0 Å². The second kappa shape index (κ2) is 8.24. The molecule has 1 heterocycles. The van der Waals surface area contributed by atoms with Gasteiger partial charge in [-0.15, -0.1) is 0 Å². The van der Waals surface area contributed by atoms with Crippen LogP contribution in [0.2, 0.25) is 0 Å². The first-order chi connectivity index (χ1) is 11.0. The molecule has 0 radical (unpaired) electrons. The fourth-order valence-corrected chi connectivity index (χ4v) is 3.31. The number of para-hydroxylation sites is 1. The van der Waals surface area contributed by atoms with E-state index < -0.39 is 6.04 Å². The Balaban J connectivity index is 2.02.